The van der Waals surface area contributed by atoms with Gasteiger partial charge in [-0.25, -0.2) is 4.79 Å². The first-order valence-electron chi connectivity index (χ1n) is 5.11. The molecule has 4 nitrogen and oxygen atoms in total. The van der Waals surface area contributed by atoms with Gasteiger partial charge in [-0.15, -0.1) is 0 Å². The Labute approximate surface area is 109 Å². The smallest absolute Gasteiger partial charge is 0.339 e. The van der Waals surface area contributed by atoms with Gasteiger partial charge in [0.05, 0.1) is 19.3 Å². The summed E-state index contributed by atoms with van der Waals surface area (Å²) in [7, 11) is 2.96. The van der Waals surface area contributed by atoms with Gasteiger partial charge in [-0.3, -0.25) is 0 Å². The van der Waals surface area contributed by atoms with Crippen LogP contribution >= 0.6 is 15.9 Å². The van der Waals surface area contributed by atoms with Crippen LogP contribution in [0.5, 0.6) is 5.75 Å². The number of ether oxygens (including phenoxy) is 3. The highest BCUT2D eigenvalue weighted by Gasteiger charge is 2.16. The fourth-order valence-electron chi connectivity index (χ4n) is 1.40. The molecule has 1 rings (SSSR count). The topological polar surface area (TPSA) is 44.8 Å². The summed E-state index contributed by atoms with van der Waals surface area (Å²) >= 11 is 3.32. The number of rotatable bonds is 5. The first-order chi connectivity index (χ1) is 8.11. The van der Waals surface area contributed by atoms with E-state index >= 15 is 0 Å². The van der Waals surface area contributed by atoms with Gasteiger partial charge in [-0.2, -0.15) is 0 Å². The number of esters is 1. The number of benzene rings is 1. The molecule has 0 N–H and O–H groups in total. The minimum atomic E-state index is -0.383. The van der Waals surface area contributed by atoms with E-state index in [9.17, 15) is 4.79 Å². The van der Waals surface area contributed by atoms with Crippen molar-refractivity contribution in [2.75, 3.05) is 27.4 Å². The fraction of sp³-hybridized carbons (Fsp3) is 0.417. The van der Waals surface area contributed by atoms with E-state index in [-0.39, 0.29) is 5.97 Å². The summed E-state index contributed by atoms with van der Waals surface area (Å²) in [5.74, 6) is 0.275. The van der Waals surface area contributed by atoms with Gasteiger partial charge in [-0.1, -0.05) is 0 Å². The minimum absolute atomic E-state index is 0.383. The number of carbonyl (C=O) groups is 1. The molecule has 0 spiro atoms. The fourth-order valence-corrected chi connectivity index (χ4v) is 1.99. The predicted molar refractivity (Wildman–Crippen MR) is 67.6 cm³/mol. The van der Waals surface area contributed by atoms with E-state index in [0.29, 0.717) is 29.0 Å². The molecule has 0 aliphatic carbocycles. The highest BCUT2D eigenvalue weighted by atomic mass is 79.9. The molecule has 0 saturated heterocycles. The number of hydrogen-bond acceptors (Lipinski definition) is 4. The zero-order valence-electron chi connectivity index (χ0n) is 10.1. The molecule has 0 atom stereocenters. The van der Waals surface area contributed by atoms with E-state index in [1.54, 1.807) is 13.2 Å². The van der Waals surface area contributed by atoms with Crippen LogP contribution in [0.2, 0.25) is 0 Å². The molecule has 17 heavy (non-hydrogen) atoms. The molecule has 0 heterocycles. The maximum Gasteiger partial charge on any atom is 0.339 e. The molecule has 1 aromatic carbocycles. The van der Waals surface area contributed by atoms with E-state index in [1.165, 1.54) is 7.11 Å². The standard InChI is InChI=1S/C12H15BrO4/c1-8-10(17-7-6-15-2)5-4-9(13)11(8)12(14)16-3/h4-5H,6-7H2,1-3H3. The number of methoxy groups -OCH3 is 2. The van der Waals surface area contributed by atoms with E-state index < -0.39 is 0 Å². The monoisotopic (exact) mass is 302 g/mol. The van der Waals surface area contributed by atoms with Gasteiger partial charge in [-0.05, 0) is 35.0 Å². The molecule has 0 saturated carbocycles. The van der Waals surface area contributed by atoms with Crippen molar-refractivity contribution < 1.29 is 19.0 Å². The second kappa shape index (κ2) is 6.61. The van der Waals surface area contributed by atoms with Gasteiger partial charge in [0.2, 0.25) is 0 Å². The van der Waals surface area contributed by atoms with Crippen LogP contribution in [0.3, 0.4) is 0 Å². The van der Waals surface area contributed by atoms with Crippen LogP contribution in [-0.4, -0.2) is 33.4 Å². The summed E-state index contributed by atoms with van der Waals surface area (Å²) in [5.41, 5.74) is 1.24. The molecule has 0 aliphatic rings. The van der Waals surface area contributed by atoms with E-state index in [2.05, 4.69) is 15.9 Å². The maximum atomic E-state index is 11.6. The molecule has 0 unspecified atom stereocenters. The molecule has 0 radical (unpaired) electrons. The summed E-state index contributed by atoms with van der Waals surface area (Å²) in [6, 6.07) is 3.57. The van der Waals surface area contributed by atoms with Crippen molar-refractivity contribution in [2.45, 2.75) is 6.92 Å². The van der Waals surface area contributed by atoms with Crippen molar-refractivity contribution in [2.24, 2.45) is 0 Å². The van der Waals surface area contributed by atoms with Crippen LogP contribution in [0.15, 0.2) is 16.6 Å². The van der Waals surface area contributed by atoms with Crippen LogP contribution in [0.25, 0.3) is 0 Å². The summed E-state index contributed by atoms with van der Waals surface area (Å²) in [6.07, 6.45) is 0. The molecule has 5 heteroatoms. The molecule has 0 aliphatic heterocycles. The second-order valence-electron chi connectivity index (χ2n) is 3.38. The highest BCUT2D eigenvalue weighted by molar-refractivity contribution is 9.10. The predicted octanol–water partition coefficient (Wildman–Crippen LogP) is 2.57. The summed E-state index contributed by atoms with van der Waals surface area (Å²) in [4.78, 5) is 11.6. The van der Waals surface area contributed by atoms with Crippen molar-refractivity contribution in [3.63, 3.8) is 0 Å². The quantitative estimate of drug-likeness (QED) is 0.619. The Morgan fingerprint density at radius 2 is 2.00 bits per heavy atom. The molecular formula is C12H15BrO4. The lowest BCUT2D eigenvalue weighted by Gasteiger charge is -2.12. The van der Waals surface area contributed by atoms with Crippen LogP contribution in [0, 0.1) is 6.92 Å². The Kier molecular flexibility index (Phi) is 5.44. The Balaban J connectivity index is 2.97. The Morgan fingerprint density at radius 3 is 2.59 bits per heavy atom. The van der Waals surface area contributed by atoms with Crippen molar-refractivity contribution in [3.05, 3.63) is 27.7 Å². The Bertz CT molecular complexity index is 404. The third kappa shape index (κ3) is 3.44. The molecular weight excluding hydrogens is 288 g/mol. The van der Waals surface area contributed by atoms with E-state index in [0.717, 1.165) is 5.56 Å². The van der Waals surface area contributed by atoms with Crippen LogP contribution in [0.1, 0.15) is 15.9 Å². The number of halogens is 1. The second-order valence-corrected chi connectivity index (χ2v) is 4.23. The van der Waals surface area contributed by atoms with Crippen molar-refractivity contribution >= 4 is 21.9 Å². The van der Waals surface area contributed by atoms with Crippen molar-refractivity contribution in [1.82, 2.24) is 0 Å². The average molecular weight is 303 g/mol. The lowest BCUT2D eigenvalue weighted by atomic mass is 10.1. The van der Waals surface area contributed by atoms with Gasteiger partial charge < -0.3 is 14.2 Å². The van der Waals surface area contributed by atoms with Gasteiger partial charge in [0.15, 0.2) is 0 Å². The Hall–Kier alpha value is -1.07. The lowest BCUT2D eigenvalue weighted by Crippen LogP contribution is -2.09. The molecule has 0 aromatic heterocycles. The molecule has 0 bridgehead atoms. The van der Waals surface area contributed by atoms with Gasteiger partial charge in [0.25, 0.3) is 0 Å². The number of hydrogen-bond donors (Lipinski definition) is 0. The van der Waals surface area contributed by atoms with Crippen molar-refractivity contribution in [3.8, 4) is 5.75 Å². The molecule has 0 fully saturated rings. The first-order valence-corrected chi connectivity index (χ1v) is 5.90. The lowest BCUT2D eigenvalue weighted by molar-refractivity contribution is 0.0598. The highest BCUT2D eigenvalue weighted by Crippen LogP contribution is 2.28. The largest absolute Gasteiger partial charge is 0.491 e. The summed E-state index contributed by atoms with van der Waals surface area (Å²) in [5, 5.41) is 0. The van der Waals surface area contributed by atoms with E-state index in [4.69, 9.17) is 14.2 Å². The van der Waals surface area contributed by atoms with Crippen molar-refractivity contribution in [1.29, 1.82) is 0 Å². The number of carbonyl (C=O) groups excluding carboxylic acids is 1. The first kappa shape index (κ1) is 14.0. The van der Waals surface area contributed by atoms with Crippen LogP contribution in [-0.2, 0) is 9.47 Å². The minimum Gasteiger partial charge on any atom is -0.491 e. The van der Waals surface area contributed by atoms with Gasteiger partial charge >= 0.3 is 5.97 Å². The van der Waals surface area contributed by atoms with Gasteiger partial charge in [0, 0.05) is 17.1 Å². The zero-order valence-corrected chi connectivity index (χ0v) is 11.7. The van der Waals surface area contributed by atoms with Crippen LogP contribution in [0.4, 0.5) is 0 Å². The Morgan fingerprint density at radius 1 is 1.29 bits per heavy atom. The SMILES string of the molecule is COCCOc1ccc(Br)c(C(=O)OC)c1C. The van der Waals surface area contributed by atoms with Gasteiger partial charge in [0.1, 0.15) is 12.4 Å². The van der Waals surface area contributed by atoms with E-state index in [1.807, 2.05) is 13.0 Å². The third-order valence-electron chi connectivity index (χ3n) is 2.30. The maximum absolute atomic E-state index is 11.6. The van der Waals surface area contributed by atoms with Crippen LogP contribution < -0.4 is 4.74 Å². The molecule has 0 amide bonds. The molecule has 1 aromatic rings. The normalized spacial score (nSPS) is 10.1. The summed E-state index contributed by atoms with van der Waals surface area (Å²) in [6.45, 7) is 2.77. The third-order valence-corrected chi connectivity index (χ3v) is 2.96. The molecule has 94 valence electrons. The average Bonchev–Trinajstić information content (AvgIpc) is 2.32. The zero-order chi connectivity index (χ0) is 12.8. The summed E-state index contributed by atoms with van der Waals surface area (Å²) < 4.78 is 15.8.